The Balaban J connectivity index is 1.63. The van der Waals surface area contributed by atoms with Crippen LogP contribution >= 0.6 is 11.8 Å². The maximum Gasteiger partial charge on any atom is 0.134 e. The molecule has 1 saturated heterocycles. The third kappa shape index (κ3) is 4.36. The summed E-state index contributed by atoms with van der Waals surface area (Å²) in [4.78, 5) is 11.0. The highest BCUT2D eigenvalue weighted by atomic mass is 32.2. The Hall–Kier alpha value is -1.79. The molecule has 0 amide bonds. The Labute approximate surface area is 141 Å². The number of rotatable bonds is 6. The zero-order valence-electron chi connectivity index (χ0n) is 13.1. The number of aliphatic hydroxyl groups is 1. The summed E-state index contributed by atoms with van der Waals surface area (Å²) < 4.78 is 0. The Morgan fingerprint density at radius 3 is 2.70 bits per heavy atom. The largest absolute Gasteiger partial charge is 0.396 e. The Morgan fingerprint density at radius 2 is 1.96 bits per heavy atom. The molecule has 1 fully saturated rings. The predicted octanol–water partition coefficient (Wildman–Crippen LogP) is 2.22. The van der Waals surface area contributed by atoms with Gasteiger partial charge >= 0.3 is 0 Å². The number of benzene rings is 1. The summed E-state index contributed by atoms with van der Waals surface area (Å²) in [5, 5.41) is 13.0. The summed E-state index contributed by atoms with van der Waals surface area (Å²) >= 11 is 1.98. The van der Waals surface area contributed by atoms with Crippen LogP contribution in [0.1, 0.15) is 11.5 Å². The van der Waals surface area contributed by atoms with Crippen molar-refractivity contribution in [3.63, 3.8) is 0 Å². The lowest BCUT2D eigenvalue weighted by molar-refractivity contribution is 0.270. The minimum absolute atomic E-state index is 0.0565. The Kier molecular flexibility index (Phi) is 5.71. The first-order chi connectivity index (χ1) is 11.4. The fraction of sp³-hybridized carbons (Fsp3) is 0.412. The van der Waals surface area contributed by atoms with Gasteiger partial charge in [0.25, 0.3) is 0 Å². The van der Waals surface area contributed by atoms with Crippen molar-refractivity contribution in [1.29, 1.82) is 0 Å². The zero-order valence-corrected chi connectivity index (χ0v) is 13.9. The Bertz CT molecular complexity index is 605. The maximum atomic E-state index is 9.63. The van der Waals surface area contributed by atoms with Gasteiger partial charge in [-0.2, -0.15) is 11.8 Å². The van der Waals surface area contributed by atoms with E-state index in [4.69, 9.17) is 0 Å². The standard InChI is InChI=1S/C17H22N4OS/c22-12-15(14-4-2-1-3-5-14)11-18-16-10-17(20-13-19-16)21-6-8-23-9-7-21/h1-5,10,13,15,22H,6-9,11-12H2,(H,18,19,20)/t15-/m1/s1. The summed E-state index contributed by atoms with van der Waals surface area (Å²) in [5.74, 6) is 4.13. The summed E-state index contributed by atoms with van der Waals surface area (Å²) in [7, 11) is 0. The van der Waals surface area contributed by atoms with E-state index in [9.17, 15) is 5.11 Å². The van der Waals surface area contributed by atoms with Crippen molar-refractivity contribution in [3.8, 4) is 0 Å². The third-order valence-electron chi connectivity index (χ3n) is 4.01. The highest BCUT2D eigenvalue weighted by molar-refractivity contribution is 7.99. The lowest BCUT2D eigenvalue weighted by atomic mass is 10.0. The van der Waals surface area contributed by atoms with Crippen LogP contribution in [0, 0.1) is 0 Å². The van der Waals surface area contributed by atoms with E-state index in [0.29, 0.717) is 6.54 Å². The molecule has 2 N–H and O–H groups in total. The molecule has 0 aliphatic carbocycles. The zero-order chi connectivity index (χ0) is 15.9. The average molecular weight is 330 g/mol. The van der Waals surface area contributed by atoms with Crippen LogP contribution in [-0.4, -0.2) is 52.8 Å². The molecular formula is C17H22N4OS. The van der Waals surface area contributed by atoms with E-state index in [2.05, 4.69) is 20.2 Å². The molecule has 1 aliphatic heterocycles. The molecule has 1 aliphatic rings. The van der Waals surface area contributed by atoms with E-state index < -0.39 is 0 Å². The summed E-state index contributed by atoms with van der Waals surface area (Å²) in [5.41, 5.74) is 1.13. The van der Waals surface area contributed by atoms with Crippen LogP contribution in [0.15, 0.2) is 42.7 Å². The van der Waals surface area contributed by atoms with Crippen molar-refractivity contribution in [2.45, 2.75) is 5.92 Å². The molecule has 1 aromatic heterocycles. The molecule has 6 heteroatoms. The van der Waals surface area contributed by atoms with Crippen molar-refractivity contribution in [1.82, 2.24) is 9.97 Å². The van der Waals surface area contributed by atoms with Crippen molar-refractivity contribution < 1.29 is 5.11 Å². The van der Waals surface area contributed by atoms with Crippen LogP contribution in [0.25, 0.3) is 0 Å². The van der Waals surface area contributed by atoms with Gasteiger partial charge in [-0.1, -0.05) is 30.3 Å². The minimum atomic E-state index is 0.0565. The van der Waals surface area contributed by atoms with Gasteiger partial charge in [-0.05, 0) is 5.56 Å². The van der Waals surface area contributed by atoms with E-state index in [-0.39, 0.29) is 12.5 Å². The molecule has 1 atom stereocenters. The summed E-state index contributed by atoms with van der Waals surface area (Å²) in [6.45, 7) is 2.82. The summed E-state index contributed by atoms with van der Waals surface area (Å²) in [6.07, 6.45) is 1.61. The fourth-order valence-electron chi connectivity index (χ4n) is 2.65. The fourth-order valence-corrected chi connectivity index (χ4v) is 3.55. The second-order valence-corrected chi connectivity index (χ2v) is 6.76. The number of hydrogen-bond acceptors (Lipinski definition) is 6. The van der Waals surface area contributed by atoms with Gasteiger partial charge in [0.05, 0.1) is 6.61 Å². The van der Waals surface area contributed by atoms with Crippen LogP contribution in [0.5, 0.6) is 0 Å². The quantitative estimate of drug-likeness (QED) is 0.847. The first-order valence-corrected chi connectivity index (χ1v) is 9.06. The molecule has 0 unspecified atom stereocenters. The third-order valence-corrected chi connectivity index (χ3v) is 4.95. The molecule has 0 spiro atoms. The number of aromatic nitrogens is 2. The number of hydrogen-bond donors (Lipinski definition) is 2. The highest BCUT2D eigenvalue weighted by Gasteiger charge is 2.14. The van der Waals surface area contributed by atoms with Crippen molar-refractivity contribution in [3.05, 3.63) is 48.3 Å². The molecule has 3 rings (SSSR count). The number of aliphatic hydroxyl groups excluding tert-OH is 1. The monoisotopic (exact) mass is 330 g/mol. The van der Waals surface area contributed by atoms with Crippen molar-refractivity contribution in [2.24, 2.45) is 0 Å². The van der Waals surface area contributed by atoms with E-state index in [1.165, 1.54) is 0 Å². The first-order valence-electron chi connectivity index (χ1n) is 7.91. The SMILES string of the molecule is OC[C@@H](CNc1cc(N2CCSCC2)ncn1)c1ccccc1. The van der Waals surface area contributed by atoms with Gasteiger partial charge in [0.2, 0.25) is 0 Å². The molecule has 2 heterocycles. The predicted molar refractivity (Wildman–Crippen MR) is 96.3 cm³/mol. The Morgan fingerprint density at radius 1 is 1.17 bits per heavy atom. The molecule has 0 radical (unpaired) electrons. The van der Waals surface area contributed by atoms with E-state index in [1.807, 2.05) is 48.2 Å². The molecule has 5 nitrogen and oxygen atoms in total. The van der Waals surface area contributed by atoms with Gasteiger partial charge in [-0.15, -0.1) is 0 Å². The highest BCUT2D eigenvalue weighted by Crippen LogP contribution is 2.20. The second-order valence-electron chi connectivity index (χ2n) is 5.53. The van der Waals surface area contributed by atoms with Crippen LogP contribution < -0.4 is 10.2 Å². The lowest BCUT2D eigenvalue weighted by Gasteiger charge is -2.27. The van der Waals surface area contributed by atoms with Gasteiger partial charge in [0.15, 0.2) is 0 Å². The molecule has 0 bridgehead atoms. The van der Waals surface area contributed by atoms with Crippen LogP contribution in [0.3, 0.4) is 0 Å². The van der Waals surface area contributed by atoms with Gasteiger partial charge < -0.3 is 15.3 Å². The van der Waals surface area contributed by atoms with Gasteiger partial charge in [-0.25, -0.2) is 9.97 Å². The molecule has 23 heavy (non-hydrogen) atoms. The van der Waals surface area contributed by atoms with Crippen molar-refractivity contribution >= 4 is 23.4 Å². The number of nitrogens with one attached hydrogen (secondary N) is 1. The molecular weight excluding hydrogens is 308 g/mol. The topological polar surface area (TPSA) is 61.3 Å². The van der Waals surface area contributed by atoms with Crippen LogP contribution in [-0.2, 0) is 0 Å². The van der Waals surface area contributed by atoms with Gasteiger partial charge in [-0.3, -0.25) is 0 Å². The maximum absolute atomic E-state index is 9.63. The van der Waals surface area contributed by atoms with Gasteiger partial charge in [0.1, 0.15) is 18.0 Å². The smallest absolute Gasteiger partial charge is 0.134 e. The molecule has 0 saturated carbocycles. The molecule has 1 aromatic carbocycles. The van der Waals surface area contributed by atoms with E-state index >= 15 is 0 Å². The van der Waals surface area contributed by atoms with Crippen LogP contribution in [0.4, 0.5) is 11.6 Å². The number of anilines is 2. The van der Waals surface area contributed by atoms with Gasteiger partial charge in [0, 0.05) is 43.1 Å². The second kappa shape index (κ2) is 8.17. The molecule has 2 aromatic rings. The average Bonchev–Trinajstić information content (AvgIpc) is 2.64. The first kappa shape index (κ1) is 16.1. The van der Waals surface area contributed by atoms with E-state index in [0.717, 1.165) is 41.8 Å². The summed E-state index contributed by atoms with van der Waals surface area (Å²) in [6, 6.07) is 12.1. The number of thioether (sulfide) groups is 1. The van der Waals surface area contributed by atoms with Crippen LogP contribution in [0.2, 0.25) is 0 Å². The lowest BCUT2D eigenvalue weighted by Crippen LogP contribution is -2.33. The normalized spacial score (nSPS) is 16.1. The molecule has 122 valence electrons. The number of nitrogens with zero attached hydrogens (tertiary/aromatic N) is 3. The van der Waals surface area contributed by atoms with E-state index in [1.54, 1.807) is 6.33 Å². The minimum Gasteiger partial charge on any atom is -0.396 e. The van der Waals surface area contributed by atoms with Crippen molar-refractivity contribution in [2.75, 3.05) is 48.0 Å².